The van der Waals surface area contributed by atoms with E-state index in [1.54, 1.807) is 36.7 Å². The second-order valence-electron chi connectivity index (χ2n) is 7.11. The summed E-state index contributed by atoms with van der Waals surface area (Å²) in [5, 5.41) is 7.34. The third kappa shape index (κ3) is 4.72. The number of hydrogen-bond donors (Lipinski definition) is 2. The van der Waals surface area contributed by atoms with Gasteiger partial charge in [-0.2, -0.15) is 5.10 Å². The van der Waals surface area contributed by atoms with Crippen LogP contribution in [-0.4, -0.2) is 30.1 Å². The Balaban J connectivity index is 1.91. The lowest BCUT2D eigenvalue weighted by Gasteiger charge is -2.13. The SMILES string of the molecule is Cc1cc(C)n(-c2ccccc2NC(=O)c2cccc(S(=O)(=O)NC(C)C)c2)n1. The Labute approximate surface area is 170 Å². The molecule has 0 aliphatic carbocycles. The lowest BCUT2D eigenvalue weighted by atomic mass is 10.2. The fourth-order valence-electron chi connectivity index (χ4n) is 3.01. The number of nitrogens with one attached hydrogen (secondary N) is 2. The number of anilines is 1. The zero-order chi connectivity index (χ0) is 21.2. The molecule has 0 aliphatic heterocycles. The minimum Gasteiger partial charge on any atom is -0.320 e. The smallest absolute Gasteiger partial charge is 0.255 e. The number of rotatable bonds is 6. The summed E-state index contributed by atoms with van der Waals surface area (Å²) in [7, 11) is -3.69. The Kier molecular flexibility index (Phi) is 5.86. The summed E-state index contributed by atoms with van der Waals surface area (Å²) in [4.78, 5) is 12.9. The molecule has 0 saturated heterocycles. The molecule has 0 unspecified atom stereocenters. The first kappa shape index (κ1) is 20.8. The number of hydrogen-bond acceptors (Lipinski definition) is 4. The van der Waals surface area contributed by atoms with Crippen LogP contribution in [0.1, 0.15) is 35.6 Å². The Morgan fingerprint density at radius 2 is 1.76 bits per heavy atom. The van der Waals surface area contributed by atoms with Crippen molar-refractivity contribution in [1.29, 1.82) is 0 Å². The maximum Gasteiger partial charge on any atom is 0.255 e. The van der Waals surface area contributed by atoms with Crippen LogP contribution >= 0.6 is 0 Å². The summed E-state index contributed by atoms with van der Waals surface area (Å²) in [6, 6.07) is 15.0. The van der Waals surface area contributed by atoms with E-state index in [4.69, 9.17) is 0 Å². The molecule has 0 aliphatic rings. The lowest BCUT2D eigenvalue weighted by molar-refractivity contribution is 0.102. The van der Waals surface area contributed by atoms with Gasteiger partial charge in [0, 0.05) is 17.3 Å². The van der Waals surface area contributed by atoms with Crippen molar-refractivity contribution >= 4 is 21.6 Å². The molecule has 3 rings (SSSR count). The summed E-state index contributed by atoms with van der Waals surface area (Å²) in [6.45, 7) is 7.32. The number of carbonyl (C=O) groups is 1. The molecule has 0 fully saturated rings. The second kappa shape index (κ2) is 8.18. The number of nitrogens with zero attached hydrogens (tertiary/aromatic N) is 2. The molecule has 29 heavy (non-hydrogen) atoms. The largest absolute Gasteiger partial charge is 0.320 e. The van der Waals surface area contributed by atoms with E-state index in [1.807, 2.05) is 38.1 Å². The molecular weight excluding hydrogens is 388 g/mol. The van der Waals surface area contributed by atoms with Crippen molar-refractivity contribution < 1.29 is 13.2 Å². The average molecular weight is 413 g/mol. The molecule has 0 atom stereocenters. The molecule has 2 N–H and O–H groups in total. The molecule has 7 nitrogen and oxygen atoms in total. The maximum atomic E-state index is 12.8. The highest BCUT2D eigenvalue weighted by atomic mass is 32.2. The fourth-order valence-corrected chi connectivity index (χ4v) is 4.31. The normalized spacial score (nSPS) is 11.6. The number of carbonyl (C=O) groups excluding carboxylic acids is 1. The van der Waals surface area contributed by atoms with Gasteiger partial charge in [0.1, 0.15) is 0 Å². The van der Waals surface area contributed by atoms with Crippen LogP contribution in [0, 0.1) is 13.8 Å². The Morgan fingerprint density at radius 3 is 2.41 bits per heavy atom. The highest BCUT2D eigenvalue weighted by Crippen LogP contribution is 2.22. The Morgan fingerprint density at radius 1 is 1.03 bits per heavy atom. The van der Waals surface area contributed by atoms with Crippen molar-refractivity contribution in [3.63, 3.8) is 0 Å². The van der Waals surface area contributed by atoms with Gasteiger partial charge in [-0.25, -0.2) is 17.8 Å². The summed E-state index contributed by atoms with van der Waals surface area (Å²) >= 11 is 0. The summed E-state index contributed by atoms with van der Waals surface area (Å²) < 4.78 is 29.1. The molecule has 0 spiro atoms. The van der Waals surface area contributed by atoms with Gasteiger partial charge >= 0.3 is 0 Å². The van der Waals surface area contributed by atoms with E-state index < -0.39 is 15.9 Å². The van der Waals surface area contributed by atoms with Crippen molar-refractivity contribution in [2.24, 2.45) is 0 Å². The molecule has 0 saturated carbocycles. The van der Waals surface area contributed by atoms with Crippen LogP contribution in [0.15, 0.2) is 59.5 Å². The van der Waals surface area contributed by atoms with E-state index in [9.17, 15) is 13.2 Å². The molecule has 0 radical (unpaired) electrons. The zero-order valence-electron chi connectivity index (χ0n) is 16.8. The van der Waals surface area contributed by atoms with Crippen LogP contribution in [0.25, 0.3) is 5.69 Å². The third-order valence-corrected chi connectivity index (χ3v) is 5.84. The van der Waals surface area contributed by atoms with Gasteiger partial charge in [-0.3, -0.25) is 4.79 Å². The summed E-state index contributed by atoms with van der Waals surface area (Å²) in [5.74, 6) is -0.402. The minimum absolute atomic E-state index is 0.0469. The Hall–Kier alpha value is -2.97. The predicted octanol–water partition coefficient (Wildman–Crippen LogP) is 3.43. The molecule has 1 amide bonds. The minimum atomic E-state index is -3.69. The highest BCUT2D eigenvalue weighted by molar-refractivity contribution is 7.89. The van der Waals surface area contributed by atoms with E-state index in [0.717, 1.165) is 17.1 Å². The molecule has 3 aromatic rings. The van der Waals surface area contributed by atoms with Gasteiger partial charge in [-0.05, 0) is 64.1 Å². The number of benzene rings is 2. The van der Waals surface area contributed by atoms with Crippen molar-refractivity contribution in [3.05, 3.63) is 71.5 Å². The van der Waals surface area contributed by atoms with E-state index >= 15 is 0 Å². The quantitative estimate of drug-likeness (QED) is 0.649. The summed E-state index contributed by atoms with van der Waals surface area (Å²) in [6.07, 6.45) is 0. The van der Waals surface area contributed by atoms with Gasteiger partial charge in [0.05, 0.1) is 22.0 Å². The van der Waals surface area contributed by atoms with Gasteiger partial charge < -0.3 is 5.32 Å². The van der Waals surface area contributed by atoms with Crippen LogP contribution in [0.2, 0.25) is 0 Å². The Bertz CT molecular complexity index is 1150. The highest BCUT2D eigenvalue weighted by Gasteiger charge is 2.18. The van der Waals surface area contributed by atoms with Crippen molar-refractivity contribution in [3.8, 4) is 5.69 Å². The topological polar surface area (TPSA) is 93.1 Å². The van der Waals surface area contributed by atoms with E-state index in [2.05, 4.69) is 15.1 Å². The first-order valence-corrected chi connectivity index (χ1v) is 10.7. The van der Waals surface area contributed by atoms with Crippen LogP contribution in [-0.2, 0) is 10.0 Å². The van der Waals surface area contributed by atoms with E-state index in [1.165, 1.54) is 12.1 Å². The van der Waals surface area contributed by atoms with Gasteiger partial charge in [-0.1, -0.05) is 18.2 Å². The number of para-hydroxylation sites is 2. The van der Waals surface area contributed by atoms with Crippen LogP contribution in [0.5, 0.6) is 0 Å². The van der Waals surface area contributed by atoms with Gasteiger partial charge in [0.15, 0.2) is 0 Å². The van der Waals surface area contributed by atoms with Crippen LogP contribution < -0.4 is 10.0 Å². The molecule has 0 bridgehead atoms. The lowest BCUT2D eigenvalue weighted by Crippen LogP contribution is -2.30. The molecule has 8 heteroatoms. The monoisotopic (exact) mass is 412 g/mol. The summed E-state index contributed by atoms with van der Waals surface area (Å²) in [5.41, 5.74) is 3.38. The third-order valence-electron chi connectivity index (χ3n) is 4.19. The standard InChI is InChI=1S/C21H24N4O3S/c1-14(2)24-29(27,28)18-9-7-8-17(13-18)21(26)22-19-10-5-6-11-20(19)25-16(4)12-15(3)23-25/h5-14,24H,1-4H3,(H,22,26). The number of aromatic nitrogens is 2. The number of aryl methyl sites for hydroxylation is 2. The predicted molar refractivity (Wildman–Crippen MR) is 113 cm³/mol. The molecule has 152 valence electrons. The van der Waals surface area contributed by atoms with Gasteiger partial charge in [-0.15, -0.1) is 0 Å². The molecule has 1 heterocycles. The first-order valence-electron chi connectivity index (χ1n) is 9.24. The number of amides is 1. The maximum absolute atomic E-state index is 12.8. The fraction of sp³-hybridized carbons (Fsp3) is 0.238. The van der Waals surface area contributed by atoms with E-state index in [-0.39, 0.29) is 16.5 Å². The van der Waals surface area contributed by atoms with Gasteiger partial charge in [0.25, 0.3) is 5.91 Å². The second-order valence-corrected chi connectivity index (χ2v) is 8.83. The molecule has 1 aromatic heterocycles. The molecular formula is C21H24N4O3S. The van der Waals surface area contributed by atoms with Crippen LogP contribution in [0.4, 0.5) is 5.69 Å². The van der Waals surface area contributed by atoms with Crippen LogP contribution in [0.3, 0.4) is 0 Å². The average Bonchev–Trinajstić information content (AvgIpc) is 2.99. The van der Waals surface area contributed by atoms with Crippen molar-refractivity contribution in [1.82, 2.24) is 14.5 Å². The zero-order valence-corrected chi connectivity index (χ0v) is 17.6. The first-order chi connectivity index (χ1) is 13.7. The van der Waals surface area contributed by atoms with Gasteiger partial charge in [0.2, 0.25) is 10.0 Å². The number of sulfonamides is 1. The van der Waals surface area contributed by atoms with E-state index in [0.29, 0.717) is 5.69 Å². The van der Waals surface area contributed by atoms with Crippen molar-refractivity contribution in [2.75, 3.05) is 5.32 Å². The van der Waals surface area contributed by atoms with Crippen molar-refractivity contribution in [2.45, 2.75) is 38.6 Å². The molecule has 2 aromatic carbocycles.